The molecular weight excluding hydrogens is 238 g/mol. The molecule has 0 aliphatic carbocycles. The number of halogens is 1. The van der Waals surface area contributed by atoms with Crippen molar-refractivity contribution in [3.05, 3.63) is 45.9 Å². The fraction of sp³-hybridized carbons (Fsp3) is 0.0833. The van der Waals surface area contributed by atoms with Crippen molar-refractivity contribution < 1.29 is 0 Å². The van der Waals surface area contributed by atoms with Crippen LogP contribution in [0.25, 0.3) is 10.8 Å². The zero-order chi connectivity index (χ0) is 9.54. The normalized spacial score (nSPS) is 13.5. The molecule has 14 heavy (non-hydrogen) atoms. The second kappa shape index (κ2) is 2.92. The molecule has 0 fully saturated rings. The molecule has 0 unspecified atom stereocenters. The molecule has 1 aliphatic heterocycles. The van der Waals surface area contributed by atoms with E-state index in [1.54, 1.807) is 0 Å². The predicted octanol–water partition coefficient (Wildman–Crippen LogP) is 3.53. The van der Waals surface area contributed by atoms with Crippen molar-refractivity contribution in [3.63, 3.8) is 0 Å². The van der Waals surface area contributed by atoms with E-state index in [1.807, 2.05) is 6.21 Å². The van der Waals surface area contributed by atoms with Crippen molar-refractivity contribution in [2.75, 3.05) is 0 Å². The van der Waals surface area contributed by atoms with Crippen LogP contribution in [0.4, 0.5) is 0 Å². The molecule has 68 valence electrons. The van der Waals surface area contributed by atoms with Gasteiger partial charge in [0.25, 0.3) is 0 Å². The van der Waals surface area contributed by atoms with Crippen molar-refractivity contribution in [1.29, 1.82) is 0 Å². The molecule has 3 rings (SSSR count). The van der Waals surface area contributed by atoms with E-state index in [0.29, 0.717) is 0 Å². The molecule has 0 amide bonds. The van der Waals surface area contributed by atoms with Gasteiger partial charge in [-0.2, -0.15) is 0 Å². The van der Waals surface area contributed by atoms with Crippen LogP contribution in [0.2, 0.25) is 0 Å². The molecule has 1 heterocycles. The molecule has 2 aromatic carbocycles. The molecule has 0 aromatic heterocycles. The van der Waals surface area contributed by atoms with Gasteiger partial charge in [0.2, 0.25) is 0 Å². The standard InChI is InChI=1S/C12H8BrN/c13-11-4-8-2-1-3-9-6-14-7-10(5-11)12(8)9/h1-5,7H,6H2. The minimum Gasteiger partial charge on any atom is -0.288 e. The lowest BCUT2D eigenvalue weighted by molar-refractivity contribution is 1.08. The van der Waals surface area contributed by atoms with E-state index >= 15 is 0 Å². The average molecular weight is 246 g/mol. The number of rotatable bonds is 0. The highest BCUT2D eigenvalue weighted by Gasteiger charge is 2.09. The minimum atomic E-state index is 0.811. The molecule has 2 heteroatoms. The quantitative estimate of drug-likeness (QED) is 0.674. The maximum absolute atomic E-state index is 4.34. The van der Waals surface area contributed by atoms with Crippen LogP contribution < -0.4 is 0 Å². The summed E-state index contributed by atoms with van der Waals surface area (Å²) in [4.78, 5) is 4.34. The number of benzene rings is 2. The minimum absolute atomic E-state index is 0.811. The number of hydrogen-bond donors (Lipinski definition) is 0. The monoisotopic (exact) mass is 245 g/mol. The summed E-state index contributed by atoms with van der Waals surface area (Å²) in [6, 6.07) is 10.7. The first kappa shape index (κ1) is 8.18. The third kappa shape index (κ3) is 1.11. The van der Waals surface area contributed by atoms with E-state index in [1.165, 1.54) is 21.9 Å². The van der Waals surface area contributed by atoms with Crippen molar-refractivity contribution in [1.82, 2.24) is 0 Å². The Morgan fingerprint density at radius 3 is 3.07 bits per heavy atom. The Kier molecular flexibility index (Phi) is 1.71. The molecule has 0 spiro atoms. The largest absolute Gasteiger partial charge is 0.288 e. The lowest BCUT2D eigenvalue weighted by Gasteiger charge is -2.12. The lowest BCUT2D eigenvalue weighted by atomic mass is 9.98. The van der Waals surface area contributed by atoms with E-state index in [4.69, 9.17) is 0 Å². The van der Waals surface area contributed by atoms with E-state index in [9.17, 15) is 0 Å². The van der Waals surface area contributed by atoms with Gasteiger partial charge in [-0.1, -0.05) is 34.1 Å². The summed E-state index contributed by atoms with van der Waals surface area (Å²) in [5, 5.41) is 2.64. The fourth-order valence-corrected chi connectivity index (χ4v) is 2.47. The van der Waals surface area contributed by atoms with Gasteiger partial charge in [-0.25, -0.2) is 0 Å². The maximum atomic E-state index is 4.34. The molecule has 0 saturated carbocycles. The molecular formula is C12H8BrN. The Hall–Kier alpha value is -1.15. The molecule has 0 radical (unpaired) electrons. The summed E-state index contributed by atoms with van der Waals surface area (Å²) in [6.45, 7) is 0.811. The average Bonchev–Trinajstić information content (AvgIpc) is 2.18. The first-order valence-electron chi connectivity index (χ1n) is 4.55. The Bertz CT molecular complexity index is 543. The zero-order valence-corrected chi connectivity index (χ0v) is 9.08. The van der Waals surface area contributed by atoms with Crippen molar-refractivity contribution >= 4 is 32.9 Å². The Morgan fingerprint density at radius 1 is 1.21 bits per heavy atom. The van der Waals surface area contributed by atoms with Crippen molar-refractivity contribution in [2.45, 2.75) is 6.54 Å². The maximum Gasteiger partial charge on any atom is 0.0646 e. The number of nitrogens with zero attached hydrogens (tertiary/aromatic N) is 1. The van der Waals surface area contributed by atoms with Crippen LogP contribution in [-0.4, -0.2) is 6.21 Å². The Balaban J connectivity index is 2.53. The van der Waals surface area contributed by atoms with E-state index in [0.717, 1.165) is 11.0 Å². The van der Waals surface area contributed by atoms with E-state index in [2.05, 4.69) is 51.3 Å². The second-order valence-corrected chi connectivity index (χ2v) is 4.40. The van der Waals surface area contributed by atoms with Crippen molar-refractivity contribution in [2.24, 2.45) is 4.99 Å². The van der Waals surface area contributed by atoms with Crippen LogP contribution in [0, 0.1) is 0 Å². The number of hydrogen-bond acceptors (Lipinski definition) is 1. The van der Waals surface area contributed by atoms with Gasteiger partial charge < -0.3 is 0 Å². The first-order valence-corrected chi connectivity index (χ1v) is 5.35. The third-order valence-electron chi connectivity index (χ3n) is 2.55. The molecule has 0 atom stereocenters. The first-order chi connectivity index (χ1) is 6.84. The molecule has 0 bridgehead atoms. The van der Waals surface area contributed by atoms with Gasteiger partial charge in [-0.3, -0.25) is 4.99 Å². The summed E-state index contributed by atoms with van der Waals surface area (Å²) in [6.07, 6.45) is 1.96. The van der Waals surface area contributed by atoms with Crippen LogP contribution in [-0.2, 0) is 6.54 Å². The SMILES string of the molecule is Brc1cc2c3c(cccc3c1)CN=C2. The van der Waals surface area contributed by atoms with Crippen LogP contribution >= 0.6 is 15.9 Å². The van der Waals surface area contributed by atoms with Crippen LogP contribution in [0.15, 0.2) is 39.8 Å². The summed E-state index contributed by atoms with van der Waals surface area (Å²) >= 11 is 3.51. The zero-order valence-electron chi connectivity index (χ0n) is 7.50. The van der Waals surface area contributed by atoms with Gasteiger partial charge in [0.1, 0.15) is 0 Å². The Morgan fingerprint density at radius 2 is 2.14 bits per heavy atom. The molecule has 1 nitrogen and oxygen atoms in total. The van der Waals surface area contributed by atoms with Gasteiger partial charge in [0.15, 0.2) is 0 Å². The van der Waals surface area contributed by atoms with Crippen LogP contribution in [0.5, 0.6) is 0 Å². The van der Waals surface area contributed by atoms with Gasteiger partial charge in [0, 0.05) is 16.3 Å². The highest BCUT2D eigenvalue weighted by atomic mass is 79.9. The summed E-state index contributed by atoms with van der Waals surface area (Å²) in [5.41, 5.74) is 2.55. The third-order valence-corrected chi connectivity index (χ3v) is 3.01. The van der Waals surface area contributed by atoms with Crippen LogP contribution in [0.1, 0.15) is 11.1 Å². The molecule has 0 saturated heterocycles. The van der Waals surface area contributed by atoms with Crippen LogP contribution in [0.3, 0.4) is 0 Å². The number of aliphatic imine (C=N–C) groups is 1. The summed E-state index contributed by atoms with van der Waals surface area (Å²) in [7, 11) is 0. The van der Waals surface area contributed by atoms with Crippen molar-refractivity contribution in [3.8, 4) is 0 Å². The van der Waals surface area contributed by atoms with Gasteiger partial charge in [-0.05, 0) is 28.5 Å². The molecule has 1 aliphatic rings. The lowest BCUT2D eigenvalue weighted by Crippen LogP contribution is -1.96. The fourth-order valence-electron chi connectivity index (χ4n) is 1.98. The second-order valence-electron chi connectivity index (χ2n) is 3.48. The topological polar surface area (TPSA) is 12.4 Å². The molecule has 0 N–H and O–H groups in total. The highest BCUT2D eigenvalue weighted by molar-refractivity contribution is 9.10. The molecule has 2 aromatic rings. The van der Waals surface area contributed by atoms with Gasteiger partial charge in [0.05, 0.1) is 6.54 Å². The highest BCUT2D eigenvalue weighted by Crippen LogP contribution is 2.28. The Labute approximate surface area is 90.6 Å². The smallest absolute Gasteiger partial charge is 0.0646 e. The summed E-state index contributed by atoms with van der Waals surface area (Å²) < 4.78 is 1.12. The van der Waals surface area contributed by atoms with Gasteiger partial charge in [-0.15, -0.1) is 0 Å². The van der Waals surface area contributed by atoms with E-state index in [-0.39, 0.29) is 0 Å². The van der Waals surface area contributed by atoms with Gasteiger partial charge >= 0.3 is 0 Å². The summed E-state index contributed by atoms with van der Waals surface area (Å²) in [5.74, 6) is 0. The van der Waals surface area contributed by atoms with E-state index < -0.39 is 0 Å². The predicted molar refractivity (Wildman–Crippen MR) is 62.9 cm³/mol.